The second kappa shape index (κ2) is 6.57. The van der Waals surface area contributed by atoms with Crippen LogP contribution in [0.15, 0.2) is 0 Å². The van der Waals surface area contributed by atoms with Gasteiger partial charge in [0.05, 0.1) is 0 Å². The Balaban J connectivity index is 2.11. The molecular weight excluding hydrogens is 254 g/mol. The van der Waals surface area contributed by atoms with Crippen LogP contribution >= 0.6 is 0 Å². The van der Waals surface area contributed by atoms with Gasteiger partial charge in [-0.3, -0.25) is 9.59 Å². The Kier molecular flexibility index (Phi) is 5.02. The number of carbonyl (C=O) groups excluding carboxylic acids is 2. The van der Waals surface area contributed by atoms with Gasteiger partial charge in [-0.15, -0.1) is 0 Å². The van der Waals surface area contributed by atoms with Crippen LogP contribution in [-0.2, 0) is 9.59 Å². The van der Waals surface area contributed by atoms with Crippen LogP contribution in [0.25, 0.3) is 0 Å². The molecule has 5 heteroatoms. The molecule has 2 amide bonds. The molecule has 0 radical (unpaired) electrons. The van der Waals surface area contributed by atoms with Gasteiger partial charge in [0.25, 0.3) is 0 Å². The lowest BCUT2D eigenvalue weighted by atomic mass is 9.98. The summed E-state index contributed by atoms with van der Waals surface area (Å²) in [5.41, 5.74) is 0. The van der Waals surface area contributed by atoms with Gasteiger partial charge in [0, 0.05) is 12.6 Å². The lowest BCUT2D eigenvalue weighted by Crippen LogP contribution is -2.65. The molecular formula is C15H27N3O2. The largest absolute Gasteiger partial charge is 0.343 e. The van der Waals surface area contributed by atoms with Crippen molar-refractivity contribution in [2.24, 2.45) is 0 Å². The maximum absolute atomic E-state index is 12.5. The van der Waals surface area contributed by atoms with Crippen LogP contribution in [-0.4, -0.2) is 59.9 Å². The van der Waals surface area contributed by atoms with Crippen molar-refractivity contribution in [1.82, 2.24) is 15.1 Å². The highest BCUT2D eigenvalue weighted by molar-refractivity contribution is 5.96. The quantitative estimate of drug-likeness (QED) is 0.836. The summed E-state index contributed by atoms with van der Waals surface area (Å²) in [6.07, 6.45) is 4.92. The zero-order chi connectivity index (χ0) is 14.7. The van der Waals surface area contributed by atoms with Crippen molar-refractivity contribution >= 4 is 11.8 Å². The summed E-state index contributed by atoms with van der Waals surface area (Å²) in [7, 11) is 2.12. The van der Waals surface area contributed by atoms with E-state index in [0.717, 1.165) is 13.0 Å². The third-order valence-corrected chi connectivity index (χ3v) is 4.70. The SMILES string of the molecule is CCC1NC(=O)C(CC)N(CC2CCCCN2C)C1=O. The highest BCUT2D eigenvalue weighted by atomic mass is 16.2. The van der Waals surface area contributed by atoms with Crippen LogP contribution in [0, 0.1) is 0 Å². The van der Waals surface area contributed by atoms with E-state index < -0.39 is 0 Å². The first-order chi connectivity index (χ1) is 9.58. The fraction of sp³-hybridized carbons (Fsp3) is 0.867. The number of hydrogen-bond donors (Lipinski definition) is 1. The second-order valence-electron chi connectivity index (χ2n) is 6.01. The van der Waals surface area contributed by atoms with E-state index in [1.807, 2.05) is 18.7 Å². The van der Waals surface area contributed by atoms with Gasteiger partial charge >= 0.3 is 0 Å². The molecule has 114 valence electrons. The number of hydrogen-bond acceptors (Lipinski definition) is 3. The molecule has 1 N–H and O–H groups in total. The Labute approximate surface area is 121 Å². The van der Waals surface area contributed by atoms with Crippen LogP contribution in [0.1, 0.15) is 46.0 Å². The van der Waals surface area contributed by atoms with E-state index in [0.29, 0.717) is 25.4 Å². The maximum atomic E-state index is 12.5. The van der Waals surface area contributed by atoms with Gasteiger partial charge in [-0.1, -0.05) is 20.3 Å². The highest BCUT2D eigenvalue weighted by Gasteiger charge is 2.40. The molecule has 2 saturated heterocycles. The van der Waals surface area contributed by atoms with Gasteiger partial charge in [0.1, 0.15) is 12.1 Å². The first kappa shape index (κ1) is 15.3. The van der Waals surface area contributed by atoms with Gasteiger partial charge in [0.15, 0.2) is 0 Å². The van der Waals surface area contributed by atoms with E-state index in [-0.39, 0.29) is 23.9 Å². The number of likely N-dealkylation sites (N-methyl/N-ethyl adjacent to an activating group) is 1. The minimum atomic E-state index is -0.334. The molecule has 2 aliphatic rings. The molecule has 5 nitrogen and oxygen atoms in total. The third-order valence-electron chi connectivity index (χ3n) is 4.70. The molecule has 0 aromatic rings. The summed E-state index contributed by atoms with van der Waals surface area (Å²) < 4.78 is 0. The summed E-state index contributed by atoms with van der Waals surface area (Å²) in [5, 5.41) is 2.85. The van der Waals surface area contributed by atoms with Crippen molar-refractivity contribution in [3.05, 3.63) is 0 Å². The van der Waals surface area contributed by atoms with Gasteiger partial charge in [-0.05, 0) is 39.3 Å². The molecule has 0 spiro atoms. The van der Waals surface area contributed by atoms with E-state index >= 15 is 0 Å². The van der Waals surface area contributed by atoms with Crippen LogP contribution in [0.4, 0.5) is 0 Å². The van der Waals surface area contributed by atoms with Crippen molar-refractivity contribution in [3.63, 3.8) is 0 Å². The molecule has 0 aromatic carbocycles. The number of amides is 2. The minimum Gasteiger partial charge on any atom is -0.343 e. The van der Waals surface area contributed by atoms with Gasteiger partial charge in [-0.25, -0.2) is 0 Å². The van der Waals surface area contributed by atoms with Crippen LogP contribution in [0.2, 0.25) is 0 Å². The zero-order valence-corrected chi connectivity index (χ0v) is 12.9. The number of likely N-dealkylation sites (tertiary alicyclic amines) is 1. The number of piperazine rings is 1. The molecule has 2 heterocycles. The Morgan fingerprint density at radius 1 is 1.20 bits per heavy atom. The van der Waals surface area contributed by atoms with Gasteiger partial charge in [0.2, 0.25) is 11.8 Å². The topological polar surface area (TPSA) is 52.7 Å². The van der Waals surface area contributed by atoms with E-state index in [2.05, 4.69) is 17.3 Å². The average molecular weight is 281 g/mol. The number of rotatable bonds is 4. The summed E-state index contributed by atoms with van der Waals surface area (Å²) in [5.74, 6) is 0.107. The molecule has 3 unspecified atom stereocenters. The van der Waals surface area contributed by atoms with Gasteiger partial charge in [-0.2, -0.15) is 0 Å². The molecule has 2 aliphatic heterocycles. The highest BCUT2D eigenvalue weighted by Crippen LogP contribution is 2.21. The Morgan fingerprint density at radius 2 is 1.95 bits per heavy atom. The van der Waals surface area contributed by atoms with E-state index in [4.69, 9.17) is 0 Å². The molecule has 3 atom stereocenters. The Morgan fingerprint density at radius 3 is 2.55 bits per heavy atom. The van der Waals surface area contributed by atoms with Crippen molar-refractivity contribution in [2.75, 3.05) is 20.1 Å². The van der Waals surface area contributed by atoms with Crippen LogP contribution < -0.4 is 5.32 Å². The smallest absolute Gasteiger partial charge is 0.245 e. The summed E-state index contributed by atoms with van der Waals surface area (Å²) in [4.78, 5) is 28.9. The summed E-state index contributed by atoms with van der Waals surface area (Å²) in [6.45, 7) is 5.70. The summed E-state index contributed by atoms with van der Waals surface area (Å²) in [6, 6.07) is -0.232. The third kappa shape index (κ3) is 2.97. The molecule has 0 bridgehead atoms. The predicted molar refractivity (Wildman–Crippen MR) is 78.3 cm³/mol. The summed E-state index contributed by atoms with van der Waals surface area (Å²) >= 11 is 0. The first-order valence-electron chi connectivity index (χ1n) is 7.89. The fourth-order valence-corrected chi connectivity index (χ4v) is 3.33. The maximum Gasteiger partial charge on any atom is 0.245 e. The number of nitrogens with zero attached hydrogens (tertiary/aromatic N) is 2. The first-order valence-corrected chi connectivity index (χ1v) is 7.89. The Bertz CT molecular complexity index is 372. The zero-order valence-electron chi connectivity index (χ0n) is 12.9. The minimum absolute atomic E-state index is 0.0115. The molecule has 2 rings (SSSR count). The monoisotopic (exact) mass is 281 g/mol. The number of carbonyl (C=O) groups is 2. The second-order valence-corrected chi connectivity index (χ2v) is 6.01. The van der Waals surface area contributed by atoms with Crippen molar-refractivity contribution in [2.45, 2.75) is 64.1 Å². The molecule has 2 fully saturated rings. The number of nitrogens with one attached hydrogen (secondary N) is 1. The number of piperidine rings is 1. The predicted octanol–water partition coefficient (Wildman–Crippen LogP) is 0.986. The standard InChI is InChI=1S/C15H27N3O2/c1-4-12-15(20)18(13(5-2)14(19)16-12)10-11-8-6-7-9-17(11)3/h11-13H,4-10H2,1-3H3,(H,16,19). The van der Waals surface area contributed by atoms with Crippen LogP contribution in [0.5, 0.6) is 0 Å². The normalized spacial score (nSPS) is 32.4. The van der Waals surface area contributed by atoms with E-state index in [1.54, 1.807) is 0 Å². The Hall–Kier alpha value is -1.10. The lowest BCUT2D eigenvalue weighted by molar-refractivity contribution is -0.150. The molecule has 0 aliphatic carbocycles. The van der Waals surface area contributed by atoms with E-state index in [1.165, 1.54) is 12.8 Å². The molecule has 20 heavy (non-hydrogen) atoms. The average Bonchev–Trinajstić information content (AvgIpc) is 2.45. The fourth-order valence-electron chi connectivity index (χ4n) is 3.33. The van der Waals surface area contributed by atoms with Crippen molar-refractivity contribution < 1.29 is 9.59 Å². The molecule has 0 aromatic heterocycles. The van der Waals surface area contributed by atoms with E-state index in [9.17, 15) is 9.59 Å². The lowest BCUT2D eigenvalue weighted by Gasteiger charge is -2.43. The van der Waals surface area contributed by atoms with Crippen LogP contribution in [0.3, 0.4) is 0 Å². The van der Waals surface area contributed by atoms with Crippen molar-refractivity contribution in [1.29, 1.82) is 0 Å². The molecule has 0 saturated carbocycles. The van der Waals surface area contributed by atoms with Crippen molar-refractivity contribution in [3.8, 4) is 0 Å². The van der Waals surface area contributed by atoms with Gasteiger partial charge < -0.3 is 15.1 Å².